The molecule has 0 bridgehead atoms. The zero-order chi connectivity index (χ0) is 15.8. The SMILES string of the molecule is CC(C)[C@H](C)O[C@@H](CNS(C)(=O)=O)COCOC(=O)O. The summed E-state index contributed by atoms with van der Waals surface area (Å²) in [5.74, 6) is 0.256. The van der Waals surface area contributed by atoms with Gasteiger partial charge >= 0.3 is 6.16 Å². The minimum Gasteiger partial charge on any atom is -0.450 e. The monoisotopic (exact) mass is 313 g/mol. The van der Waals surface area contributed by atoms with E-state index in [4.69, 9.17) is 14.6 Å². The van der Waals surface area contributed by atoms with Crippen molar-refractivity contribution in [2.45, 2.75) is 33.0 Å². The molecule has 2 N–H and O–H groups in total. The van der Waals surface area contributed by atoms with Gasteiger partial charge in [-0.15, -0.1) is 0 Å². The molecule has 0 amide bonds. The summed E-state index contributed by atoms with van der Waals surface area (Å²) >= 11 is 0. The summed E-state index contributed by atoms with van der Waals surface area (Å²) in [6.45, 7) is 5.45. The molecule has 0 aliphatic carbocycles. The molecule has 0 unspecified atom stereocenters. The van der Waals surface area contributed by atoms with E-state index < -0.39 is 29.1 Å². The molecule has 0 rings (SSSR count). The molecule has 9 heteroatoms. The van der Waals surface area contributed by atoms with Crippen molar-refractivity contribution in [2.75, 3.05) is 26.2 Å². The van der Waals surface area contributed by atoms with Gasteiger partial charge < -0.3 is 19.3 Å². The van der Waals surface area contributed by atoms with Gasteiger partial charge in [-0.25, -0.2) is 17.9 Å². The number of rotatable bonds is 10. The van der Waals surface area contributed by atoms with E-state index in [-0.39, 0.29) is 25.2 Å². The fourth-order valence-electron chi connectivity index (χ4n) is 1.12. The maximum Gasteiger partial charge on any atom is 0.507 e. The van der Waals surface area contributed by atoms with Gasteiger partial charge in [0.1, 0.15) is 0 Å². The van der Waals surface area contributed by atoms with E-state index in [1.807, 2.05) is 20.8 Å². The highest BCUT2D eigenvalue weighted by Crippen LogP contribution is 2.09. The number of nitrogens with one attached hydrogen (secondary N) is 1. The minimum absolute atomic E-state index is 0.0207. The predicted octanol–water partition coefficient (Wildman–Crippen LogP) is 0.634. The Kier molecular flexibility index (Phi) is 8.70. The molecule has 0 aliphatic heterocycles. The molecule has 0 aliphatic rings. The van der Waals surface area contributed by atoms with Crippen molar-refractivity contribution in [2.24, 2.45) is 5.92 Å². The molecular weight excluding hydrogens is 290 g/mol. The molecule has 0 spiro atoms. The zero-order valence-corrected chi connectivity index (χ0v) is 13.0. The van der Waals surface area contributed by atoms with Crippen LogP contribution in [0.15, 0.2) is 0 Å². The summed E-state index contributed by atoms with van der Waals surface area (Å²) in [7, 11) is -3.33. The van der Waals surface area contributed by atoms with E-state index in [0.29, 0.717) is 0 Å². The fraction of sp³-hybridized carbons (Fsp3) is 0.909. The lowest BCUT2D eigenvalue weighted by Crippen LogP contribution is -2.38. The third kappa shape index (κ3) is 11.0. The van der Waals surface area contributed by atoms with Crippen LogP contribution >= 0.6 is 0 Å². The highest BCUT2D eigenvalue weighted by molar-refractivity contribution is 7.88. The molecule has 0 aromatic carbocycles. The molecule has 0 aromatic rings. The first-order chi connectivity index (χ1) is 9.11. The van der Waals surface area contributed by atoms with Crippen molar-refractivity contribution >= 4 is 16.2 Å². The van der Waals surface area contributed by atoms with Crippen LogP contribution in [0.1, 0.15) is 20.8 Å². The highest BCUT2D eigenvalue weighted by Gasteiger charge is 2.18. The van der Waals surface area contributed by atoms with Crippen LogP contribution in [-0.4, -0.2) is 58.1 Å². The molecule has 0 saturated carbocycles. The van der Waals surface area contributed by atoms with Crippen LogP contribution in [0.3, 0.4) is 0 Å². The average Bonchev–Trinajstić information content (AvgIpc) is 2.29. The summed E-state index contributed by atoms with van der Waals surface area (Å²) in [6.07, 6.45) is -1.01. The first-order valence-electron chi connectivity index (χ1n) is 6.15. The molecule has 0 fully saturated rings. The Bertz CT molecular complexity index is 382. The van der Waals surface area contributed by atoms with Crippen LogP contribution in [0.4, 0.5) is 4.79 Å². The average molecular weight is 313 g/mol. The summed E-state index contributed by atoms with van der Waals surface area (Å²) in [5, 5.41) is 8.28. The normalized spacial score (nSPS) is 15.1. The van der Waals surface area contributed by atoms with Gasteiger partial charge in [-0.2, -0.15) is 0 Å². The quantitative estimate of drug-likeness (QED) is 0.346. The van der Waals surface area contributed by atoms with E-state index in [0.717, 1.165) is 6.26 Å². The van der Waals surface area contributed by atoms with Crippen molar-refractivity contribution in [3.63, 3.8) is 0 Å². The summed E-state index contributed by atoms with van der Waals surface area (Å²) in [6, 6.07) is 0. The second kappa shape index (κ2) is 9.11. The van der Waals surface area contributed by atoms with Gasteiger partial charge in [-0.3, -0.25) is 0 Å². The number of ether oxygens (including phenoxy) is 3. The van der Waals surface area contributed by atoms with E-state index in [1.54, 1.807) is 0 Å². The van der Waals surface area contributed by atoms with Crippen LogP contribution in [0, 0.1) is 5.92 Å². The predicted molar refractivity (Wildman–Crippen MR) is 71.9 cm³/mol. The standard InChI is InChI=1S/C11H23NO7S/c1-8(2)9(3)19-10(5-12-20(4,15)16)6-17-7-18-11(13)14/h8-10,12H,5-7H2,1-4H3,(H,13,14)/t9-,10-/m0/s1. The van der Waals surface area contributed by atoms with Crippen LogP contribution in [0.25, 0.3) is 0 Å². The van der Waals surface area contributed by atoms with Crippen molar-refractivity contribution < 1.29 is 32.5 Å². The largest absolute Gasteiger partial charge is 0.507 e. The van der Waals surface area contributed by atoms with Gasteiger partial charge in [0, 0.05) is 6.54 Å². The lowest BCUT2D eigenvalue weighted by Gasteiger charge is -2.24. The minimum atomic E-state index is -3.33. The van der Waals surface area contributed by atoms with Crippen molar-refractivity contribution in [3.05, 3.63) is 0 Å². The third-order valence-electron chi connectivity index (χ3n) is 2.49. The lowest BCUT2D eigenvalue weighted by molar-refractivity contribution is -0.0976. The van der Waals surface area contributed by atoms with Crippen molar-refractivity contribution in [1.82, 2.24) is 4.72 Å². The molecule has 120 valence electrons. The molecule has 0 saturated heterocycles. The second-order valence-corrected chi connectivity index (χ2v) is 6.56. The Morgan fingerprint density at radius 2 is 1.90 bits per heavy atom. The first-order valence-corrected chi connectivity index (χ1v) is 8.04. The van der Waals surface area contributed by atoms with Crippen molar-refractivity contribution in [3.8, 4) is 0 Å². The first kappa shape index (κ1) is 19.1. The van der Waals surface area contributed by atoms with Crippen LogP contribution < -0.4 is 4.72 Å². The smallest absolute Gasteiger partial charge is 0.450 e. The van der Waals surface area contributed by atoms with Gasteiger partial charge in [-0.05, 0) is 12.8 Å². The van der Waals surface area contributed by atoms with E-state index in [9.17, 15) is 13.2 Å². The molecule has 20 heavy (non-hydrogen) atoms. The van der Waals surface area contributed by atoms with Crippen LogP contribution in [0.5, 0.6) is 0 Å². The van der Waals surface area contributed by atoms with Gasteiger partial charge in [-0.1, -0.05) is 13.8 Å². The Morgan fingerprint density at radius 3 is 2.35 bits per heavy atom. The number of hydrogen-bond donors (Lipinski definition) is 2. The Labute approximate surface area is 119 Å². The van der Waals surface area contributed by atoms with Crippen molar-refractivity contribution in [1.29, 1.82) is 0 Å². The summed E-state index contributed by atoms with van der Waals surface area (Å²) < 4.78 is 39.3. The van der Waals surface area contributed by atoms with Crippen LogP contribution in [-0.2, 0) is 24.2 Å². The van der Waals surface area contributed by atoms with E-state index in [1.165, 1.54) is 0 Å². The second-order valence-electron chi connectivity index (χ2n) is 4.73. The van der Waals surface area contributed by atoms with Gasteiger partial charge in [0.25, 0.3) is 0 Å². The maximum atomic E-state index is 11.1. The number of hydrogen-bond acceptors (Lipinski definition) is 6. The Balaban J connectivity index is 4.27. The summed E-state index contributed by atoms with van der Waals surface area (Å²) in [4.78, 5) is 10.1. The lowest BCUT2D eigenvalue weighted by atomic mass is 10.1. The molecule has 2 atom stereocenters. The molecule has 8 nitrogen and oxygen atoms in total. The van der Waals surface area contributed by atoms with Crippen LogP contribution in [0.2, 0.25) is 0 Å². The third-order valence-corrected chi connectivity index (χ3v) is 3.18. The zero-order valence-electron chi connectivity index (χ0n) is 12.2. The Hall–Kier alpha value is -0.900. The fourth-order valence-corrected chi connectivity index (χ4v) is 1.61. The van der Waals surface area contributed by atoms with Gasteiger partial charge in [0.15, 0.2) is 6.79 Å². The van der Waals surface area contributed by atoms with Gasteiger partial charge in [0.05, 0.1) is 25.1 Å². The number of carboxylic acid groups (broad SMARTS) is 1. The van der Waals surface area contributed by atoms with E-state index in [2.05, 4.69) is 9.46 Å². The molecule has 0 aromatic heterocycles. The number of sulfonamides is 1. The topological polar surface area (TPSA) is 111 Å². The Morgan fingerprint density at radius 1 is 1.30 bits per heavy atom. The van der Waals surface area contributed by atoms with E-state index >= 15 is 0 Å². The number of carbonyl (C=O) groups is 1. The molecular formula is C11H23NO7S. The maximum absolute atomic E-state index is 11.1. The molecule has 0 heterocycles. The van der Waals surface area contributed by atoms with Gasteiger partial charge in [0.2, 0.25) is 10.0 Å². The highest BCUT2D eigenvalue weighted by atomic mass is 32.2. The molecule has 0 radical (unpaired) electrons. The summed E-state index contributed by atoms with van der Waals surface area (Å²) in [5.41, 5.74) is 0.